The second kappa shape index (κ2) is 12.8. The predicted molar refractivity (Wildman–Crippen MR) is 158 cm³/mol. The van der Waals surface area contributed by atoms with Crippen LogP contribution in [0.15, 0.2) is 0 Å². The molecule has 2 heterocycles. The molecule has 0 aromatic heterocycles. The van der Waals surface area contributed by atoms with E-state index in [1.165, 1.54) is 0 Å². The van der Waals surface area contributed by atoms with Gasteiger partial charge in [0.1, 0.15) is 34.5 Å². The molecule has 2 saturated heterocycles. The molecule has 0 saturated carbocycles. The Bertz CT molecular complexity index is 1100. The van der Waals surface area contributed by atoms with E-state index in [1.807, 2.05) is 0 Å². The van der Waals surface area contributed by atoms with Gasteiger partial charge in [-0.3, -0.25) is 9.59 Å². The molecule has 0 radical (unpaired) electrons. The van der Waals surface area contributed by atoms with E-state index in [0.29, 0.717) is 0 Å². The molecule has 4 amide bonds. The van der Waals surface area contributed by atoms with Crippen LogP contribution in [0.1, 0.15) is 117 Å². The first-order valence-electron chi connectivity index (χ1n) is 14.5. The van der Waals surface area contributed by atoms with Crippen LogP contribution < -0.4 is 0 Å². The van der Waals surface area contributed by atoms with Gasteiger partial charge in [0.25, 0.3) is 0 Å². The molecule has 43 heavy (non-hydrogen) atoms. The van der Waals surface area contributed by atoms with Crippen molar-refractivity contribution in [2.45, 2.75) is 151 Å². The number of hydrogen-bond donors (Lipinski definition) is 0. The molecule has 246 valence electrons. The van der Waals surface area contributed by atoms with Crippen molar-refractivity contribution in [3.8, 4) is 0 Å². The van der Waals surface area contributed by atoms with Crippen molar-refractivity contribution >= 4 is 35.9 Å². The summed E-state index contributed by atoms with van der Waals surface area (Å²) in [6.45, 7) is 25.8. The highest BCUT2D eigenvalue weighted by Gasteiger charge is 2.53. The van der Waals surface area contributed by atoms with Crippen LogP contribution in [0.25, 0.3) is 0 Å². The molecular weight excluding hydrogens is 560 g/mol. The summed E-state index contributed by atoms with van der Waals surface area (Å²) in [7, 11) is 0. The molecule has 0 aromatic rings. The zero-order chi connectivity index (χ0) is 34.1. The number of esters is 2. The van der Waals surface area contributed by atoms with Crippen molar-refractivity contribution in [1.29, 1.82) is 0 Å². The van der Waals surface area contributed by atoms with Crippen molar-refractivity contribution in [3.63, 3.8) is 0 Å². The number of nitrogens with zero attached hydrogens (tertiary/aromatic N) is 2. The van der Waals surface area contributed by atoms with E-state index in [1.54, 1.807) is 104 Å². The van der Waals surface area contributed by atoms with Gasteiger partial charge in [0.05, 0.1) is 0 Å². The lowest BCUT2D eigenvalue weighted by Crippen LogP contribution is -2.47. The van der Waals surface area contributed by atoms with Gasteiger partial charge in [-0.25, -0.2) is 29.0 Å². The summed E-state index contributed by atoms with van der Waals surface area (Å²) in [4.78, 5) is 75.4. The Balaban J connectivity index is 0.000000430. The van der Waals surface area contributed by atoms with Gasteiger partial charge in [0.15, 0.2) is 0 Å². The number of rotatable bonds is 2. The molecule has 0 N–H and O–H groups in total. The summed E-state index contributed by atoms with van der Waals surface area (Å²) in [6.07, 6.45) is -1.13. The molecular formula is C31H52N2O10. The zero-order valence-corrected chi connectivity index (χ0v) is 28.6. The zero-order valence-electron chi connectivity index (χ0n) is 28.6. The lowest BCUT2D eigenvalue weighted by molar-refractivity contribution is -0.162. The van der Waals surface area contributed by atoms with Gasteiger partial charge >= 0.3 is 24.1 Å². The maximum absolute atomic E-state index is 12.5. The molecule has 2 aliphatic rings. The molecule has 3 atom stereocenters. The minimum atomic E-state index is -0.948. The summed E-state index contributed by atoms with van der Waals surface area (Å²) < 4.78 is 21.1. The summed E-state index contributed by atoms with van der Waals surface area (Å²) in [5.41, 5.74) is -3.65. The quantitative estimate of drug-likeness (QED) is 0.294. The summed E-state index contributed by atoms with van der Waals surface area (Å²) in [6, 6.07) is -1.86. The lowest BCUT2D eigenvalue weighted by atomic mass is 9.90. The largest absolute Gasteiger partial charge is 0.458 e. The number of hydrogen-bond acceptors (Lipinski definition) is 10. The van der Waals surface area contributed by atoms with Crippen LogP contribution in [-0.4, -0.2) is 80.2 Å². The fourth-order valence-electron chi connectivity index (χ4n) is 4.24. The number of imide groups is 2. The highest BCUT2D eigenvalue weighted by molar-refractivity contribution is 6.02. The van der Waals surface area contributed by atoms with Gasteiger partial charge in [-0.2, -0.15) is 0 Å². The predicted octanol–water partition coefficient (Wildman–Crippen LogP) is 5.39. The lowest BCUT2D eigenvalue weighted by Gasteiger charge is -2.28. The van der Waals surface area contributed by atoms with E-state index >= 15 is 0 Å². The van der Waals surface area contributed by atoms with Crippen LogP contribution in [0.4, 0.5) is 9.59 Å². The Morgan fingerprint density at radius 3 is 1.35 bits per heavy atom. The SMILES string of the molecule is CC(C)(C)OC(=O)[C@@H]1CC(C)(C)C(=O)N1C(=O)OC(C)(C)C.CC1C[C@@H](C(=O)OC(C)(C)C)N(C(=O)OC(C)(C)C)C1=O. The molecule has 0 spiro atoms. The van der Waals surface area contributed by atoms with Crippen molar-refractivity contribution in [1.82, 2.24) is 9.80 Å². The van der Waals surface area contributed by atoms with E-state index in [9.17, 15) is 28.8 Å². The Hall–Kier alpha value is -3.18. The minimum absolute atomic E-state index is 0.222. The molecule has 2 fully saturated rings. The second-order valence-electron chi connectivity index (χ2n) is 15.7. The average molecular weight is 613 g/mol. The van der Waals surface area contributed by atoms with Crippen LogP contribution >= 0.6 is 0 Å². The fourth-order valence-corrected chi connectivity index (χ4v) is 4.24. The monoisotopic (exact) mass is 612 g/mol. The van der Waals surface area contributed by atoms with Gasteiger partial charge in [0, 0.05) is 11.3 Å². The van der Waals surface area contributed by atoms with Gasteiger partial charge in [-0.1, -0.05) is 20.8 Å². The van der Waals surface area contributed by atoms with Crippen molar-refractivity contribution in [3.05, 3.63) is 0 Å². The number of carbonyl (C=O) groups is 6. The minimum Gasteiger partial charge on any atom is -0.458 e. The van der Waals surface area contributed by atoms with Gasteiger partial charge in [0.2, 0.25) is 11.8 Å². The Morgan fingerprint density at radius 1 is 0.628 bits per heavy atom. The van der Waals surface area contributed by atoms with E-state index in [0.717, 1.165) is 9.80 Å². The third-order valence-electron chi connectivity index (χ3n) is 5.90. The van der Waals surface area contributed by atoms with E-state index in [4.69, 9.17) is 18.9 Å². The van der Waals surface area contributed by atoms with Crippen LogP contribution in [0, 0.1) is 11.3 Å². The van der Waals surface area contributed by atoms with Gasteiger partial charge < -0.3 is 18.9 Å². The molecule has 2 rings (SSSR count). The summed E-state index contributed by atoms with van der Waals surface area (Å²) >= 11 is 0. The maximum atomic E-state index is 12.5. The molecule has 0 bridgehead atoms. The molecule has 12 heteroatoms. The van der Waals surface area contributed by atoms with Crippen LogP contribution in [0.3, 0.4) is 0 Å². The number of likely N-dealkylation sites (tertiary alicyclic amines) is 2. The molecule has 1 unspecified atom stereocenters. The number of ether oxygens (including phenoxy) is 4. The Kier molecular flexibility index (Phi) is 11.3. The van der Waals surface area contributed by atoms with Gasteiger partial charge in [-0.05, 0) is 95.9 Å². The molecule has 12 nitrogen and oxygen atoms in total. The van der Waals surface area contributed by atoms with Crippen molar-refractivity contribution < 1.29 is 47.7 Å². The van der Waals surface area contributed by atoms with E-state index in [2.05, 4.69) is 0 Å². The summed E-state index contributed by atoms with van der Waals surface area (Å²) in [5, 5.41) is 0. The highest BCUT2D eigenvalue weighted by Crippen LogP contribution is 2.37. The smallest absolute Gasteiger partial charge is 0.417 e. The topological polar surface area (TPSA) is 146 Å². The van der Waals surface area contributed by atoms with E-state index in [-0.39, 0.29) is 12.8 Å². The number of amides is 4. The van der Waals surface area contributed by atoms with Crippen LogP contribution in [0.5, 0.6) is 0 Å². The van der Waals surface area contributed by atoms with Crippen LogP contribution in [-0.2, 0) is 38.1 Å². The highest BCUT2D eigenvalue weighted by atomic mass is 16.6. The van der Waals surface area contributed by atoms with Crippen LogP contribution in [0.2, 0.25) is 0 Å². The first kappa shape index (κ1) is 37.8. The summed E-state index contributed by atoms with van der Waals surface area (Å²) in [5.74, 6) is -2.39. The van der Waals surface area contributed by atoms with E-state index < -0.39 is 81.8 Å². The standard InChI is InChI=1S/C16H27NO5.C15H25NO5/c1-14(2,3)21-11(18)10-9-16(7,8)12(19)17(10)13(20)22-15(4,5)6;1-9-8-10(12(18)20-14(2,3)4)16(11(9)17)13(19)21-15(5,6)7/h10H,9H2,1-8H3;9-10H,8H2,1-7H3/t10-;9?,10-/m00/s1. The van der Waals surface area contributed by atoms with Crippen molar-refractivity contribution in [2.24, 2.45) is 11.3 Å². The first-order chi connectivity index (χ1) is 19.0. The van der Waals surface area contributed by atoms with Crippen molar-refractivity contribution in [2.75, 3.05) is 0 Å². The molecule has 0 aliphatic carbocycles. The second-order valence-corrected chi connectivity index (χ2v) is 15.7. The van der Waals surface area contributed by atoms with Gasteiger partial charge in [-0.15, -0.1) is 0 Å². The molecule has 0 aromatic carbocycles. The Labute approximate surface area is 256 Å². The third kappa shape index (κ3) is 11.4. The fraction of sp³-hybridized carbons (Fsp3) is 0.806. The number of carbonyl (C=O) groups excluding carboxylic acids is 6. The third-order valence-corrected chi connectivity index (χ3v) is 5.90. The maximum Gasteiger partial charge on any atom is 0.417 e. The Morgan fingerprint density at radius 2 is 0.977 bits per heavy atom. The average Bonchev–Trinajstić information content (AvgIpc) is 3.16. The normalized spacial score (nSPS) is 22.4. The molecule has 2 aliphatic heterocycles. The first-order valence-corrected chi connectivity index (χ1v) is 14.5.